The van der Waals surface area contributed by atoms with Gasteiger partial charge in [0.2, 0.25) is 0 Å². The average molecular weight is 453 g/mol. The Bertz CT molecular complexity index is 1240. The molecule has 7 nitrogen and oxygen atoms in total. The van der Waals surface area contributed by atoms with Crippen molar-refractivity contribution in [1.29, 1.82) is 0 Å². The van der Waals surface area contributed by atoms with Crippen LogP contribution in [0.5, 0.6) is 0 Å². The number of alkyl carbamates (subject to hydrolysis) is 1. The number of hydrogen-bond donors (Lipinski definition) is 3. The van der Waals surface area contributed by atoms with Crippen LogP contribution in [0.1, 0.15) is 29.0 Å². The third-order valence-corrected chi connectivity index (χ3v) is 5.45. The maximum Gasteiger partial charge on any atom is 0.407 e. The number of para-hydroxylation sites is 1. The average Bonchev–Trinajstić information content (AvgIpc) is 3.17. The predicted octanol–water partition coefficient (Wildman–Crippen LogP) is 4.37. The second-order valence-electron chi connectivity index (χ2n) is 7.58. The highest BCUT2D eigenvalue weighted by atomic mass is 16.5. The number of fused-ring (bicyclic) bond motifs is 3. The molecule has 3 aromatic carbocycles. The number of carbonyl (C=O) groups excluding carboxylic acids is 2. The van der Waals surface area contributed by atoms with Gasteiger partial charge in [-0.2, -0.15) is 0 Å². The molecule has 0 saturated heterocycles. The summed E-state index contributed by atoms with van der Waals surface area (Å²) < 4.78 is 5.51. The Morgan fingerprint density at radius 3 is 2.32 bits per heavy atom. The van der Waals surface area contributed by atoms with Crippen LogP contribution >= 0.6 is 0 Å². The van der Waals surface area contributed by atoms with Crippen molar-refractivity contribution in [3.05, 3.63) is 89.5 Å². The summed E-state index contributed by atoms with van der Waals surface area (Å²) >= 11 is 0. The van der Waals surface area contributed by atoms with Crippen LogP contribution in [-0.4, -0.2) is 36.6 Å². The van der Waals surface area contributed by atoms with Crippen molar-refractivity contribution in [1.82, 2.24) is 5.32 Å². The van der Waals surface area contributed by atoms with Gasteiger partial charge in [0.15, 0.2) is 0 Å². The molecule has 1 aliphatic carbocycles. The van der Waals surface area contributed by atoms with Crippen molar-refractivity contribution >= 4 is 23.9 Å². The second kappa shape index (κ2) is 10.8. The third kappa shape index (κ3) is 5.25. The summed E-state index contributed by atoms with van der Waals surface area (Å²) in [5, 5.41) is 16.5. The number of benzene rings is 3. The molecule has 3 aromatic rings. The summed E-state index contributed by atoms with van der Waals surface area (Å²) in [7, 11) is 0. The van der Waals surface area contributed by atoms with E-state index in [1.807, 2.05) is 24.3 Å². The van der Waals surface area contributed by atoms with Gasteiger partial charge in [-0.15, -0.1) is 0 Å². The zero-order valence-corrected chi connectivity index (χ0v) is 18.3. The summed E-state index contributed by atoms with van der Waals surface area (Å²) in [5.74, 6) is 5.39. The summed E-state index contributed by atoms with van der Waals surface area (Å²) in [6.07, 6.45) is 0.687. The van der Waals surface area contributed by atoms with Crippen molar-refractivity contribution in [2.24, 2.45) is 5.16 Å². The Kier molecular flexibility index (Phi) is 7.21. The minimum atomic E-state index is -0.561. The molecule has 0 heterocycles. The van der Waals surface area contributed by atoms with Crippen LogP contribution in [0.3, 0.4) is 0 Å². The van der Waals surface area contributed by atoms with Crippen LogP contribution < -0.4 is 10.6 Å². The van der Waals surface area contributed by atoms with E-state index in [4.69, 9.17) is 9.94 Å². The van der Waals surface area contributed by atoms with Crippen LogP contribution in [0, 0.1) is 11.8 Å². The molecule has 0 atom stereocenters. The van der Waals surface area contributed by atoms with E-state index in [9.17, 15) is 9.59 Å². The van der Waals surface area contributed by atoms with Crippen LogP contribution in [0.2, 0.25) is 0 Å². The molecule has 0 unspecified atom stereocenters. The van der Waals surface area contributed by atoms with Gasteiger partial charge < -0.3 is 20.6 Å². The maximum absolute atomic E-state index is 12.2. The first-order valence-corrected chi connectivity index (χ1v) is 10.8. The monoisotopic (exact) mass is 453 g/mol. The van der Waals surface area contributed by atoms with E-state index in [2.05, 4.69) is 51.9 Å². The minimum absolute atomic E-state index is 0.0144. The first-order valence-electron chi connectivity index (χ1n) is 10.8. The van der Waals surface area contributed by atoms with Gasteiger partial charge >= 0.3 is 6.09 Å². The molecule has 170 valence electrons. The lowest BCUT2D eigenvalue weighted by molar-refractivity contribution is -0.110. The lowest BCUT2D eigenvalue weighted by atomic mass is 9.98. The molecule has 3 N–H and O–H groups in total. The van der Waals surface area contributed by atoms with E-state index in [1.54, 1.807) is 24.3 Å². The highest BCUT2D eigenvalue weighted by Crippen LogP contribution is 2.44. The molecule has 7 heteroatoms. The van der Waals surface area contributed by atoms with E-state index >= 15 is 0 Å². The Labute approximate surface area is 197 Å². The summed E-state index contributed by atoms with van der Waals surface area (Å²) in [5.41, 5.74) is 5.81. The first kappa shape index (κ1) is 22.6. The van der Waals surface area contributed by atoms with Crippen molar-refractivity contribution in [2.45, 2.75) is 12.3 Å². The number of hydrogen-bond acceptors (Lipinski definition) is 5. The van der Waals surface area contributed by atoms with Gasteiger partial charge in [0.25, 0.3) is 5.91 Å². The van der Waals surface area contributed by atoms with Crippen molar-refractivity contribution < 1.29 is 19.5 Å². The van der Waals surface area contributed by atoms with Gasteiger partial charge in [0, 0.05) is 24.4 Å². The Morgan fingerprint density at radius 2 is 1.62 bits per heavy atom. The molecule has 1 aliphatic rings. The zero-order valence-electron chi connectivity index (χ0n) is 18.3. The van der Waals surface area contributed by atoms with E-state index in [1.165, 1.54) is 22.3 Å². The molecule has 0 aliphatic heterocycles. The molecule has 0 fully saturated rings. The van der Waals surface area contributed by atoms with E-state index in [0.29, 0.717) is 24.2 Å². The number of anilines is 1. The van der Waals surface area contributed by atoms with Crippen molar-refractivity contribution in [3.8, 4) is 23.0 Å². The van der Waals surface area contributed by atoms with Gasteiger partial charge in [-0.3, -0.25) is 4.79 Å². The van der Waals surface area contributed by atoms with Crippen LogP contribution in [0.25, 0.3) is 11.1 Å². The maximum atomic E-state index is 12.2. The number of amides is 2. The SMILES string of the molecule is O=C(C=NO)Nc1ccccc1C#CCCNC(=O)OCC1c2ccccc2-c2ccccc21. The number of rotatable bonds is 6. The number of nitrogens with one attached hydrogen (secondary N) is 2. The molecule has 0 spiro atoms. The molecule has 0 saturated carbocycles. The van der Waals surface area contributed by atoms with Crippen molar-refractivity contribution in [2.75, 3.05) is 18.5 Å². The summed E-state index contributed by atoms with van der Waals surface area (Å²) in [6.45, 7) is 0.588. The standard InChI is InChI=1S/C27H23N3O4/c31-26(17-29-33)30-25-15-6-1-9-19(25)10-7-8-16-28-27(32)34-18-24-22-13-4-2-11-20(22)21-12-3-5-14-23(21)24/h1-6,9,11-15,17,24,33H,8,16,18H2,(H,28,32)(H,30,31). The van der Waals surface area contributed by atoms with E-state index in [0.717, 1.165) is 6.21 Å². The number of nitrogens with zero attached hydrogens (tertiary/aromatic N) is 1. The Morgan fingerprint density at radius 1 is 0.971 bits per heavy atom. The molecule has 0 bridgehead atoms. The van der Waals surface area contributed by atoms with Gasteiger partial charge in [-0.25, -0.2) is 4.79 Å². The number of carbonyl (C=O) groups is 2. The topological polar surface area (TPSA) is 100 Å². The second-order valence-corrected chi connectivity index (χ2v) is 7.58. The van der Waals surface area contributed by atoms with Gasteiger partial charge in [0.1, 0.15) is 12.8 Å². The minimum Gasteiger partial charge on any atom is -0.449 e. The van der Waals surface area contributed by atoms with Gasteiger partial charge in [0.05, 0.1) is 5.69 Å². The molecular formula is C27H23N3O4. The first-order chi connectivity index (χ1) is 16.7. The molecule has 0 aromatic heterocycles. The van der Waals surface area contributed by atoms with Gasteiger partial charge in [-0.05, 0) is 34.4 Å². The lowest BCUT2D eigenvalue weighted by Crippen LogP contribution is -2.26. The molecule has 0 radical (unpaired) electrons. The van der Waals surface area contributed by atoms with E-state index < -0.39 is 12.0 Å². The van der Waals surface area contributed by atoms with Crippen LogP contribution in [-0.2, 0) is 9.53 Å². The Balaban J connectivity index is 1.28. The summed E-state index contributed by atoms with van der Waals surface area (Å²) in [4.78, 5) is 23.8. The molecule has 34 heavy (non-hydrogen) atoms. The van der Waals surface area contributed by atoms with E-state index in [-0.39, 0.29) is 12.5 Å². The number of oxime groups is 1. The summed E-state index contributed by atoms with van der Waals surface area (Å²) in [6, 6.07) is 23.4. The fourth-order valence-corrected chi connectivity index (χ4v) is 3.95. The molecular weight excluding hydrogens is 430 g/mol. The normalized spacial score (nSPS) is 11.8. The fraction of sp³-hybridized carbons (Fsp3) is 0.148. The molecule has 4 rings (SSSR count). The van der Waals surface area contributed by atoms with Gasteiger partial charge in [-0.1, -0.05) is 77.7 Å². The Hall–Kier alpha value is -4.57. The largest absolute Gasteiger partial charge is 0.449 e. The zero-order chi connectivity index (χ0) is 23.8. The quantitative estimate of drug-likeness (QED) is 0.170. The fourth-order valence-electron chi connectivity index (χ4n) is 3.95. The van der Waals surface area contributed by atoms with Crippen LogP contribution in [0.4, 0.5) is 10.5 Å². The third-order valence-electron chi connectivity index (χ3n) is 5.45. The highest BCUT2D eigenvalue weighted by molar-refractivity contribution is 6.31. The predicted molar refractivity (Wildman–Crippen MR) is 130 cm³/mol. The highest BCUT2D eigenvalue weighted by Gasteiger charge is 2.28. The molecule has 2 amide bonds. The lowest BCUT2D eigenvalue weighted by Gasteiger charge is -2.14. The number of ether oxygens (including phenoxy) is 1. The smallest absolute Gasteiger partial charge is 0.407 e. The van der Waals surface area contributed by atoms with Crippen molar-refractivity contribution in [3.63, 3.8) is 0 Å². The van der Waals surface area contributed by atoms with Crippen LogP contribution in [0.15, 0.2) is 78.0 Å².